The minimum absolute atomic E-state index is 0.355. The molecule has 1 N–H and O–H groups in total. The van der Waals surface area contributed by atoms with Crippen molar-refractivity contribution in [3.8, 4) is 17.2 Å². The summed E-state index contributed by atoms with van der Waals surface area (Å²) in [4.78, 5) is 8.76. The molecule has 0 unspecified atom stereocenters. The van der Waals surface area contributed by atoms with Crippen LogP contribution in [0.5, 0.6) is 17.2 Å². The Hall–Kier alpha value is -2.81. The number of para-hydroxylation sites is 1. The third-order valence-corrected chi connectivity index (χ3v) is 4.77. The van der Waals surface area contributed by atoms with E-state index in [9.17, 15) is 0 Å². The lowest BCUT2D eigenvalue weighted by Crippen LogP contribution is -2.13. The first kappa shape index (κ1) is 20.5. The molecule has 1 aliphatic heterocycles. The fraction of sp³-hybridized carbons (Fsp3) is 0.333. The van der Waals surface area contributed by atoms with Gasteiger partial charge in [-0.05, 0) is 18.2 Å². The molecule has 4 rings (SSSR count). The van der Waals surface area contributed by atoms with E-state index in [1.54, 1.807) is 13.2 Å². The van der Waals surface area contributed by atoms with Crippen molar-refractivity contribution in [3.05, 3.63) is 41.7 Å². The van der Waals surface area contributed by atoms with E-state index in [1.165, 1.54) is 6.33 Å². The van der Waals surface area contributed by atoms with Crippen LogP contribution in [0.3, 0.4) is 0 Å². The van der Waals surface area contributed by atoms with Crippen molar-refractivity contribution in [1.82, 2.24) is 9.97 Å². The number of halogens is 1. The van der Waals surface area contributed by atoms with Crippen LogP contribution in [0.25, 0.3) is 10.9 Å². The molecule has 1 aromatic heterocycles. The van der Waals surface area contributed by atoms with Crippen LogP contribution in [0, 0.1) is 0 Å². The van der Waals surface area contributed by atoms with Crippen LogP contribution in [-0.2, 0) is 9.47 Å². The van der Waals surface area contributed by atoms with E-state index in [4.69, 9.17) is 35.3 Å². The normalized spacial score (nSPS) is 15.4. The van der Waals surface area contributed by atoms with Gasteiger partial charge in [-0.25, -0.2) is 9.97 Å². The summed E-state index contributed by atoms with van der Waals surface area (Å²) in [5, 5.41) is 4.57. The van der Waals surface area contributed by atoms with Gasteiger partial charge in [-0.1, -0.05) is 17.7 Å². The second kappa shape index (κ2) is 9.80. The zero-order valence-corrected chi connectivity index (χ0v) is 17.3. The summed E-state index contributed by atoms with van der Waals surface area (Å²) >= 11 is 6.38. The summed E-state index contributed by atoms with van der Waals surface area (Å²) in [7, 11) is 1.59. The SMILES string of the molecule is COc1cc2ncnc3c2cc1OCCOCCOCCOc1c(Cl)cccc1N3. The Morgan fingerprint density at radius 1 is 0.967 bits per heavy atom. The number of fused-ring (bicyclic) bond motifs is 2. The molecule has 0 radical (unpaired) electrons. The van der Waals surface area contributed by atoms with Crippen molar-refractivity contribution >= 4 is 34.0 Å². The molecule has 3 aromatic rings. The highest BCUT2D eigenvalue weighted by Crippen LogP contribution is 2.38. The molecular weight excluding hydrogens is 410 g/mol. The molecule has 2 aromatic carbocycles. The number of nitrogens with zero attached hydrogens (tertiary/aromatic N) is 2. The predicted octanol–water partition coefficient (Wildman–Crippen LogP) is 3.84. The highest BCUT2D eigenvalue weighted by atomic mass is 35.5. The summed E-state index contributed by atoms with van der Waals surface area (Å²) in [6.45, 7) is 2.51. The van der Waals surface area contributed by atoms with Gasteiger partial charge in [0.25, 0.3) is 0 Å². The number of ether oxygens (including phenoxy) is 5. The third kappa shape index (κ3) is 4.67. The van der Waals surface area contributed by atoms with Gasteiger partial charge >= 0.3 is 0 Å². The third-order valence-electron chi connectivity index (χ3n) is 4.47. The van der Waals surface area contributed by atoms with Crippen LogP contribution in [0.1, 0.15) is 0 Å². The Bertz CT molecular complexity index is 1020. The number of methoxy groups -OCH3 is 1. The molecule has 30 heavy (non-hydrogen) atoms. The number of benzene rings is 2. The molecule has 2 heterocycles. The number of hydrogen-bond acceptors (Lipinski definition) is 8. The van der Waals surface area contributed by atoms with Crippen LogP contribution in [0.4, 0.5) is 11.5 Å². The fourth-order valence-electron chi connectivity index (χ4n) is 3.05. The minimum Gasteiger partial charge on any atom is -0.493 e. The van der Waals surface area contributed by atoms with Gasteiger partial charge in [-0.15, -0.1) is 0 Å². The maximum atomic E-state index is 6.38. The van der Waals surface area contributed by atoms with E-state index >= 15 is 0 Å². The van der Waals surface area contributed by atoms with Gasteiger partial charge in [0.2, 0.25) is 0 Å². The molecular formula is C21H22ClN3O5. The predicted molar refractivity (Wildman–Crippen MR) is 113 cm³/mol. The number of anilines is 2. The Morgan fingerprint density at radius 3 is 2.53 bits per heavy atom. The Labute approximate surface area is 179 Å². The minimum atomic E-state index is 0.355. The Kier molecular flexibility index (Phi) is 6.68. The Morgan fingerprint density at radius 2 is 1.73 bits per heavy atom. The maximum Gasteiger partial charge on any atom is 0.162 e. The molecule has 9 heteroatoms. The van der Waals surface area contributed by atoms with Crippen molar-refractivity contribution in [2.45, 2.75) is 0 Å². The second-order valence-electron chi connectivity index (χ2n) is 6.41. The first-order valence-corrected chi connectivity index (χ1v) is 9.93. The van der Waals surface area contributed by atoms with Gasteiger partial charge in [0.05, 0.1) is 49.8 Å². The first-order valence-electron chi connectivity index (χ1n) is 9.55. The lowest BCUT2D eigenvalue weighted by Gasteiger charge is -2.16. The monoisotopic (exact) mass is 431 g/mol. The molecule has 158 valence electrons. The van der Waals surface area contributed by atoms with Gasteiger partial charge < -0.3 is 29.0 Å². The average molecular weight is 432 g/mol. The van der Waals surface area contributed by atoms with Crippen LogP contribution in [0.2, 0.25) is 5.02 Å². The molecule has 8 nitrogen and oxygen atoms in total. The van der Waals surface area contributed by atoms with E-state index < -0.39 is 0 Å². The topological polar surface area (TPSA) is 84.0 Å². The molecule has 2 bridgehead atoms. The highest BCUT2D eigenvalue weighted by Gasteiger charge is 2.15. The molecule has 0 spiro atoms. The highest BCUT2D eigenvalue weighted by molar-refractivity contribution is 6.32. The van der Waals surface area contributed by atoms with Gasteiger partial charge in [0, 0.05) is 11.5 Å². The van der Waals surface area contributed by atoms with Crippen molar-refractivity contribution < 1.29 is 23.7 Å². The van der Waals surface area contributed by atoms with Gasteiger partial charge in [-0.3, -0.25) is 0 Å². The molecule has 0 aliphatic carbocycles. The van der Waals surface area contributed by atoms with Gasteiger partial charge in [-0.2, -0.15) is 0 Å². The van der Waals surface area contributed by atoms with E-state index in [-0.39, 0.29) is 0 Å². The summed E-state index contributed by atoms with van der Waals surface area (Å²) in [5.74, 6) is 2.28. The van der Waals surface area contributed by atoms with E-state index in [0.717, 1.165) is 5.39 Å². The number of aromatic nitrogens is 2. The smallest absolute Gasteiger partial charge is 0.162 e. The van der Waals surface area contributed by atoms with Gasteiger partial charge in [0.1, 0.15) is 25.4 Å². The molecule has 0 saturated heterocycles. The van der Waals surface area contributed by atoms with E-state index in [2.05, 4.69) is 15.3 Å². The summed E-state index contributed by atoms with van der Waals surface area (Å²) in [6, 6.07) is 9.15. The molecule has 0 saturated carbocycles. The van der Waals surface area contributed by atoms with Crippen LogP contribution in [0.15, 0.2) is 36.7 Å². The molecule has 0 fully saturated rings. The Balaban J connectivity index is 1.75. The summed E-state index contributed by atoms with van der Waals surface area (Å²) < 4.78 is 28.3. The number of hydrogen-bond donors (Lipinski definition) is 1. The van der Waals surface area contributed by atoms with Crippen molar-refractivity contribution in [1.29, 1.82) is 0 Å². The second-order valence-corrected chi connectivity index (χ2v) is 6.81. The molecule has 0 amide bonds. The molecule has 0 atom stereocenters. The summed E-state index contributed by atoms with van der Waals surface area (Å²) in [5.41, 5.74) is 1.40. The number of rotatable bonds is 1. The zero-order chi connectivity index (χ0) is 20.8. The average Bonchev–Trinajstić information content (AvgIpc) is 2.76. The lowest BCUT2D eigenvalue weighted by molar-refractivity contribution is 0.0272. The maximum absolute atomic E-state index is 6.38. The fourth-order valence-corrected chi connectivity index (χ4v) is 3.28. The van der Waals surface area contributed by atoms with Crippen LogP contribution >= 0.6 is 11.6 Å². The van der Waals surface area contributed by atoms with Crippen LogP contribution in [-0.4, -0.2) is 56.7 Å². The van der Waals surface area contributed by atoms with Crippen molar-refractivity contribution in [2.75, 3.05) is 52.1 Å². The largest absolute Gasteiger partial charge is 0.493 e. The molecule has 1 aliphatic rings. The first-order chi connectivity index (χ1) is 14.8. The number of nitrogens with one attached hydrogen (secondary N) is 1. The lowest BCUT2D eigenvalue weighted by atomic mass is 10.2. The summed E-state index contributed by atoms with van der Waals surface area (Å²) in [6.07, 6.45) is 1.49. The van der Waals surface area contributed by atoms with Gasteiger partial charge in [0.15, 0.2) is 17.2 Å². The van der Waals surface area contributed by atoms with Crippen molar-refractivity contribution in [2.24, 2.45) is 0 Å². The van der Waals surface area contributed by atoms with Crippen LogP contribution < -0.4 is 19.5 Å². The standard InChI is InChI=1S/C21H22ClN3O5/c1-26-18-12-17-14-11-19(18)29-9-7-27-5-6-28-8-10-30-20-15(22)3-2-4-16(20)25-21(14)24-13-23-17/h2-4,11-13H,5-10H2,1H3,(H,23,24,25). The zero-order valence-electron chi connectivity index (χ0n) is 16.5. The van der Waals surface area contributed by atoms with E-state index in [0.29, 0.717) is 78.9 Å². The quantitative estimate of drug-likeness (QED) is 0.622. The van der Waals surface area contributed by atoms with Crippen molar-refractivity contribution in [3.63, 3.8) is 0 Å². The van der Waals surface area contributed by atoms with E-state index in [1.807, 2.05) is 24.3 Å².